The molecule has 0 aromatic heterocycles. The van der Waals surface area contributed by atoms with Crippen LogP contribution in [0.15, 0.2) is 0 Å². The first-order valence-electron chi connectivity index (χ1n) is 6.77. The van der Waals surface area contributed by atoms with Crippen molar-refractivity contribution in [3.63, 3.8) is 0 Å². The Morgan fingerprint density at radius 2 is 2.06 bits per heavy atom. The number of hydrogen-bond donors (Lipinski definition) is 1. The lowest BCUT2D eigenvalue weighted by molar-refractivity contribution is -0.0540. The van der Waals surface area contributed by atoms with E-state index in [0.29, 0.717) is 12.1 Å². The molecule has 0 amide bonds. The van der Waals surface area contributed by atoms with E-state index in [-0.39, 0.29) is 0 Å². The summed E-state index contributed by atoms with van der Waals surface area (Å²) in [5, 5.41) is 0. The minimum absolute atomic E-state index is 0.507. The number of rotatable bonds is 4. The van der Waals surface area contributed by atoms with Crippen molar-refractivity contribution in [1.29, 1.82) is 0 Å². The lowest BCUT2D eigenvalue weighted by atomic mass is 9.82. The third kappa shape index (κ3) is 2.41. The molecule has 0 aromatic carbocycles. The number of ether oxygens (including phenoxy) is 1. The van der Waals surface area contributed by atoms with Crippen LogP contribution in [-0.4, -0.2) is 43.3 Å². The van der Waals surface area contributed by atoms with Gasteiger partial charge < -0.3 is 10.5 Å². The number of piperidine rings is 1. The van der Waals surface area contributed by atoms with Crippen LogP contribution in [0, 0.1) is 5.92 Å². The first-order chi connectivity index (χ1) is 7.78. The lowest BCUT2D eigenvalue weighted by Crippen LogP contribution is -2.56. The van der Waals surface area contributed by atoms with E-state index in [1.165, 1.54) is 38.6 Å². The second kappa shape index (κ2) is 5.48. The molecule has 0 aromatic rings. The first-order valence-corrected chi connectivity index (χ1v) is 6.77. The maximum atomic E-state index is 5.92. The molecule has 2 atom stereocenters. The molecule has 2 rings (SSSR count). The van der Waals surface area contributed by atoms with Crippen molar-refractivity contribution in [2.75, 3.05) is 20.2 Å². The molecule has 2 aliphatic rings. The number of methoxy groups -OCH3 is 1. The summed E-state index contributed by atoms with van der Waals surface area (Å²) in [5.74, 6) is 0.906. The molecule has 16 heavy (non-hydrogen) atoms. The highest BCUT2D eigenvalue weighted by Gasteiger charge is 2.38. The van der Waals surface area contributed by atoms with Gasteiger partial charge >= 0.3 is 0 Å². The van der Waals surface area contributed by atoms with Crippen molar-refractivity contribution in [1.82, 2.24) is 4.90 Å². The van der Waals surface area contributed by atoms with Gasteiger partial charge in [0.2, 0.25) is 0 Å². The summed E-state index contributed by atoms with van der Waals surface area (Å²) in [6.45, 7) is 4.38. The van der Waals surface area contributed by atoms with Gasteiger partial charge in [0.25, 0.3) is 0 Å². The molecule has 1 saturated carbocycles. The van der Waals surface area contributed by atoms with Crippen LogP contribution in [0.4, 0.5) is 0 Å². The van der Waals surface area contributed by atoms with E-state index < -0.39 is 0 Å². The number of nitrogens with zero attached hydrogens (tertiary/aromatic N) is 1. The van der Waals surface area contributed by atoms with Gasteiger partial charge in [0, 0.05) is 25.7 Å². The van der Waals surface area contributed by atoms with Crippen molar-refractivity contribution in [2.24, 2.45) is 11.7 Å². The maximum Gasteiger partial charge on any atom is 0.0601 e. The fourth-order valence-electron chi connectivity index (χ4n) is 3.24. The summed E-state index contributed by atoms with van der Waals surface area (Å²) in [6.07, 6.45) is 6.92. The zero-order valence-corrected chi connectivity index (χ0v) is 10.7. The molecular formula is C13H26N2O. The summed E-state index contributed by atoms with van der Waals surface area (Å²) in [6, 6.07) is 1.37. The van der Waals surface area contributed by atoms with Gasteiger partial charge in [0.15, 0.2) is 0 Å². The molecule has 0 spiro atoms. The van der Waals surface area contributed by atoms with Crippen molar-refractivity contribution >= 4 is 0 Å². The molecule has 2 unspecified atom stereocenters. The Bertz CT molecular complexity index is 216. The predicted octanol–water partition coefficient (Wildman–Crippen LogP) is 1.61. The highest BCUT2D eigenvalue weighted by atomic mass is 16.5. The van der Waals surface area contributed by atoms with Gasteiger partial charge in [0.1, 0.15) is 0 Å². The van der Waals surface area contributed by atoms with Crippen molar-refractivity contribution in [3.05, 3.63) is 0 Å². The molecule has 3 heteroatoms. The topological polar surface area (TPSA) is 38.5 Å². The van der Waals surface area contributed by atoms with Crippen molar-refractivity contribution in [3.8, 4) is 0 Å². The van der Waals surface area contributed by atoms with Gasteiger partial charge in [-0.2, -0.15) is 0 Å². The normalized spacial score (nSPS) is 40.7. The van der Waals surface area contributed by atoms with Crippen LogP contribution in [0.5, 0.6) is 0 Å². The van der Waals surface area contributed by atoms with E-state index in [1.807, 2.05) is 7.11 Å². The number of hydrogen-bond acceptors (Lipinski definition) is 3. The molecule has 1 saturated heterocycles. The average Bonchev–Trinajstić information content (AvgIpc) is 2.28. The maximum absolute atomic E-state index is 5.92. The van der Waals surface area contributed by atoms with Crippen LogP contribution in [0.3, 0.4) is 0 Å². The summed E-state index contributed by atoms with van der Waals surface area (Å²) in [7, 11) is 1.82. The fraction of sp³-hybridized carbons (Fsp3) is 1.00. The van der Waals surface area contributed by atoms with Crippen LogP contribution < -0.4 is 5.73 Å². The van der Waals surface area contributed by atoms with Gasteiger partial charge in [-0.25, -0.2) is 0 Å². The summed E-state index contributed by atoms with van der Waals surface area (Å²) in [5.41, 5.74) is 5.92. The molecular weight excluding hydrogens is 200 g/mol. The van der Waals surface area contributed by atoms with Gasteiger partial charge in [-0.1, -0.05) is 13.3 Å². The monoisotopic (exact) mass is 226 g/mol. The lowest BCUT2D eigenvalue weighted by Gasteiger charge is -2.49. The van der Waals surface area contributed by atoms with E-state index >= 15 is 0 Å². The largest absolute Gasteiger partial charge is 0.381 e. The molecule has 0 radical (unpaired) electrons. The average molecular weight is 226 g/mol. The molecule has 2 fully saturated rings. The van der Waals surface area contributed by atoms with Crippen LogP contribution in [0.1, 0.15) is 39.0 Å². The molecule has 1 heterocycles. The third-order valence-electron chi connectivity index (χ3n) is 4.59. The predicted molar refractivity (Wildman–Crippen MR) is 66.4 cm³/mol. The SMILES string of the molecule is CCC1CCN(C2CC(OC)C2)C(CN)C1. The molecule has 94 valence electrons. The fourth-order valence-corrected chi connectivity index (χ4v) is 3.24. The molecule has 0 bridgehead atoms. The van der Waals surface area contributed by atoms with Crippen LogP contribution in [0.2, 0.25) is 0 Å². The van der Waals surface area contributed by atoms with Gasteiger partial charge in [-0.05, 0) is 38.1 Å². The second-order valence-electron chi connectivity index (χ2n) is 5.41. The Hall–Kier alpha value is -0.120. The molecule has 1 aliphatic carbocycles. The standard InChI is InChI=1S/C13H26N2O/c1-3-10-4-5-15(12(6-10)9-14)11-7-13(8-11)16-2/h10-13H,3-9,14H2,1-2H3. The quantitative estimate of drug-likeness (QED) is 0.791. The Labute approximate surface area is 99.3 Å². The first kappa shape index (κ1) is 12.3. The minimum Gasteiger partial charge on any atom is -0.381 e. The van der Waals surface area contributed by atoms with Crippen LogP contribution >= 0.6 is 0 Å². The minimum atomic E-state index is 0.507. The Kier molecular flexibility index (Phi) is 4.22. The number of likely N-dealkylation sites (tertiary alicyclic amines) is 1. The summed E-state index contributed by atoms with van der Waals surface area (Å²) >= 11 is 0. The van der Waals surface area contributed by atoms with Crippen LogP contribution in [-0.2, 0) is 4.74 Å². The van der Waals surface area contributed by atoms with E-state index in [9.17, 15) is 0 Å². The van der Waals surface area contributed by atoms with E-state index in [1.54, 1.807) is 0 Å². The molecule has 3 nitrogen and oxygen atoms in total. The summed E-state index contributed by atoms with van der Waals surface area (Å²) < 4.78 is 5.36. The highest BCUT2D eigenvalue weighted by Crippen LogP contribution is 2.34. The van der Waals surface area contributed by atoms with E-state index in [4.69, 9.17) is 10.5 Å². The summed E-state index contributed by atoms with van der Waals surface area (Å²) in [4.78, 5) is 2.65. The van der Waals surface area contributed by atoms with E-state index in [2.05, 4.69) is 11.8 Å². The third-order valence-corrected chi connectivity index (χ3v) is 4.59. The Morgan fingerprint density at radius 1 is 1.31 bits per heavy atom. The highest BCUT2D eigenvalue weighted by molar-refractivity contribution is 4.94. The van der Waals surface area contributed by atoms with Gasteiger partial charge in [-0.15, -0.1) is 0 Å². The Morgan fingerprint density at radius 3 is 2.62 bits per heavy atom. The second-order valence-corrected chi connectivity index (χ2v) is 5.41. The molecule has 2 N–H and O–H groups in total. The Balaban J connectivity index is 1.85. The zero-order valence-electron chi connectivity index (χ0n) is 10.7. The van der Waals surface area contributed by atoms with Gasteiger partial charge in [0.05, 0.1) is 6.10 Å². The van der Waals surface area contributed by atoms with Crippen molar-refractivity contribution in [2.45, 2.75) is 57.2 Å². The smallest absolute Gasteiger partial charge is 0.0601 e. The van der Waals surface area contributed by atoms with Crippen LogP contribution in [0.25, 0.3) is 0 Å². The van der Waals surface area contributed by atoms with Gasteiger partial charge in [-0.3, -0.25) is 4.90 Å². The number of nitrogens with two attached hydrogens (primary N) is 1. The zero-order chi connectivity index (χ0) is 11.5. The van der Waals surface area contributed by atoms with E-state index in [0.717, 1.165) is 18.5 Å². The van der Waals surface area contributed by atoms with Crippen molar-refractivity contribution < 1.29 is 4.74 Å². The molecule has 1 aliphatic heterocycles.